The summed E-state index contributed by atoms with van der Waals surface area (Å²) in [4.78, 5) is 16.5. The monoisotopic (exact) mass is 385 g/mol. The van der Waals surface area contributed by atoms with Gasteiger partial charge in [0, 0.05) is 17.6 Å². The summed E-state index contributed by atoms with van der Waals surface area (Å²) in [6, 6.07) is 13.8. The Morgan fingerprint density at radius 3 is 2.59 bits per heavy atom. The molecule has 3 aromatic rings. The van der Waals surface area contributed by atoms with E-state index in [0.29, 0.717) is 17.4 Å². The Morgan fingerprint density at radius 2 is 1.89 bits per heavy atom. The summed E-state index contributed by atoms with van der Waals surface area (Å²) in [5.74, 6) is 0.463. The number of nitrogens with zero attached hydrogens (tertiary/aromatic N) is 1. The summed E-state index contributed by atoms with van der Waals surface area (Å²) < 4.78 is 18.1. The first kappa shape index (κ1) is 18.8. The molecule has 0 saturated heterocycles. The van der Waals surface area contributed by atoms with Crippen LogP contribution in [-0.2, 0) is 17.6 Å². The van der Waals surface area contributed by atoms with Gasteiger partial charge in [0.2, 0.25) is 5.91 Å². The minimum atomic E-state index is -0.285. The van der Waals surface area contributed by atoms with E-state index in [1.807, 2.05) is 29.6 Å². The predicted molar refractivity (Wildman–Crippen MR) is 105 cm³/mol. The Hall–Kier alpha value is -2.93. The van der Waals surface area contributed by atoms with Crippen LogP contribution in [0.5, 0.6) is 5.75 Å². The Balaban J connectivity index is 1.43. The van der Waals surface area contributed by atoms with Gasteiger partial charge in [0.25, 0.3) is 0 Å². The fraction of sp³-hybridized carbons (Fsp3) is 0.200. The molecular weight excluding hydrogens is 365 g/mol. The van der Waals surface area contributed by atoms with Gasteiger partial charge in [-0.15, -0.1) is 11.3 Å². The quantitative estimate of drug-likeness (QED) is 0.617. The SMILES string of the molecule is COc1ccc(CCNC(=O)Cc2csc(Nc3ccc(F)cc3)n2)cc1. The van der Waals surface area contributed by atoms with Gasteiger partial charge in [0.15, 0.2) is 5.13 Å². The average Bonchev–Trinajstić information content (AvgIpc) is 3.11. The fourth-order valence-corrected chi connectivity index (χ4v) is 3.20. The predicted octanol–water partition coefficient (Wildman–Crippen LogP) is 3.94. The lowest BCUT2D eigenvalue weighted by Crippen LogP contribution is -2.27. The second-order valence-electron chi connectivity index (χ2n) is 5.90. The van der Waals surface area contributed by atoms with E-state index in [0.717, 1.165) is 23.4 Å². The number of benzene rings is 2. The Kier molecular flexibility index (Phi) is 6.38. The van der Waals surface area contributed by atoms with Crippen molar-refractivity contribution >= 4 is 28.1 Å². The fourth-order valence-electron chi connectivity index (χ4n) is 2.47. The second-order valence-corrected chi connectivity index (χ2v) is 6.76. The van der Waals surface area contributed by atoms with E-state index in [2.05, 4.69) is 15.6 Å². The summed E-state index contributed by atoms with van der Waals surface area (Å²) in [5, 5.41) is 8.51. The van der Waals surface area contributed by atoms with Crippen molar-refractivity contribution in [1.82, 2.24) is 10.3 Å². The number of anilines is 2. The van der Waals surface area contributed by atoms with Crippen molar-refractivity contribution in [2.45, 2.75) is 12.8 Å². The van der Waals surface area contributed by atoms with Crippen molar-refractivity contribution in [3.8, 4) is 5.75 Å². The van der Waals surface area contributed by atoms with Gasteiger partial charge >= 0.3 is 0 Å². The summed E-state index contributed by atoms with van der Waals surface area (Å²) in [6.45, 7) is 0.565. The van der Waals surface area contributed by atoms with Crippen LogP contribution in [0.15, 0.2) is 53.9 Å². The Bertz CT molecular complexity index is 879. The molecule has 140 valence electrons. The molecule has 0 aliphatic rings. The first-order valence-corrected chi connectivity index (χ1v) is 9.37. The number of methoxy groups -OCH3 is 1. The minimum Gasteiger partial charge on any atom is -0.497 e. The number of ether oxygens (including phenoxy) is 1. The van der Waals surface area contributed by atoms with Gasteiger partial charge in [-0.25, -0.2) is 9.37 Å². The molecule has 5 nitrogen and oxygen atoms in total. The maximum atomic E-state index is 12.9. The van der Waals surface area contributed by atoms with E-state index in [1.165, 1.54) is 23.5 Å². The number of rotatable bonds is 8. The van der Waals surface area contributed by atoms with E-state index < -0.39 is 0 Å². The molecule has 2 N–H and O–H groups in total. The van der Waals surface area contributed by atoms with Crippen LogP contribution < -0.4 is 15.4 Å². The maximum Gasteiger partial charge on any atom is 0.226 e. The molecule has 27 heavy (non-hydrogen) atoms. The number of amides is 1. The number of thiazole rings is 1. The third-order valence-electron chi connectivity index (χ3n) is 3.88. The van der Waals surface area contributed by atoms with Crippen LogP contribution >= 0.6 is 11.3 Å². The third-order valence-corrected chi connectivity index (χ3v) is 4.69. The van der Waals surface area contributed by atoms with Gasteiger partial charge < -0.3 is 15.4 Å². The molecule has 1 amide bonds. The van der Waals surface area contributed by atoms with Crippen LogP contribution in [0, 0.1) is 5.82 Å². The third kappa shape index (κ3) is 5.79. The molecule has 0 fully saturated rings. The Labute approximate surface area is 161 Å². The molecule has 2 aromatic carbocycles. The van der Waals surface area contributed by atoms with Gasteiger partial charge in [-0.2, -0.15) is 0 Å². The van der Waals surface area contributed by atoms with Crippen molar-refractivity contribution in [3.63, 3.8) is 0 Å². The number of nitrogens with one attached hydrogen (secondary N) is 2. The molecule has 0 atom stereocenters. The number of hydrogen-bond acceptors (Lipinski definition) is 5. The molecule has 1 heterocycles. The first-order chi connectivity index (χ1) is 13.1. The van der Waals surface area contributed by atoms with Crippen LogP contribution in [0.4, 0.5) is 15.2 Å². The highest BCUT2D eigenvalue weighted by Crippen LogP contribution is 2.21. The molecule has 7 heteroatoms. The van der Waals surface area contributed by atoms with Crippen molar-refractivity contribution in [2.75, 3.05) is 19.0 Å². The molecule has 3 rings (SSSR count). The van der Waals surface area contributed by atoms with E-state index in [-0.39, 0.29) is 18.1 Å². The molecule has 0 unspecified atom stereocenters. The summed E-state index contributed by atoms with van der Waals surface area (Å²) in [6.07, 6.45) is 0.981. The summed E-state index contributed by atoms with van der Waals surface area (Å²) in [7, 11) is 1.63. The first-order valence-electron chi connectivity index (χ1n) is 8.49. The van der Waals surface area contributed by atoms with E-state index in [9.17, 15) is 9.18 Å². The number of halogens is 1. The molecule has 0 saturated carbocycles. The molecule has 0 radical (unpaired) electrons. The van der Waals surface area contributed by atoms with Crippen LogP contribution in [0.2, 0.25) is 0 Å². The van der Waals surface area contributed by atoms with E-state index >= 15 is 0 Å². The smallest absolute Gasteiger partial charge is 0.226 e. The molecule has 0 aliphatic heterocycles. The van der Waals surface area contributed by atoms with Crippen LogP contribution in [0.1, 0.15) is 11.3 Å². The number of hydrogen-bond donors (Lipinski definition) is 2. The van der Waals surface area contributed by atoms with Gasteiger partial charge in [0.05, 0.1) is 19.2 Å². The zero-order valence-electron chi connectivity index (χ0n) is 14.9. The number of aromatic nitrogens is 1. The Morgan fingerprint density at radius 1 is 1.15 bits per heavy atom. The van der Waals surface area contributed by atoms with Gasteiger partial charge in [0.1, 0.15) is 11.6 Å². The highest BCUT2D eigenvalue weighted by molar-refractivity contribution is 7.13. The van der Waals surface area contributed by atoms with Crippen molar-refractivity contribution in [3.05, 3.63) is 71.0 Å². The maximum absolute atomic E-state index is 12.9. The molecule has 0 bridgehead atoms. The van der Waals surface area contributed by atoms with Crippen molar-refractivity contribution < 1.29 is 13.9 Å². The van der Waals surface area contributed by atoms with E-state index in [1.54, 1.807) is 19.2 Å². The summed E-state index contributed by atoms with van der Waals surface area (Å²) >= 11 is 1.41. The van der Waals surface area contributed by atoms with Crippen molar-refractivity contribution in [1.29, 1.82) is 0 Å². The lowest BCUT2D eigenvalue weighted by molar-refractivity contribution is -0.120. The molecule has 0 aliphatic carbocycles. The van der Waals surface area contributed by atoms with Crippen LogP contribution in [0.3, 0.4) is 0 Å². The zero-order chi connectivity index (χ0) is 19.1. The van der Waals surface area contributed by atoms with Gasteiger partial charge in [-0.3, -0.25) is 4.79 Å². The van der Waals surface area contributed by atoms with Crippen LogP contribution in [0.25, 0.3) is 0 Å². The minimum absolute atomic E-state index is 0.0675. The molecular formula is C20H20FN3O2S. The molecule has 1 aromatic heterocycles. The largest absolute Gasteiger partial charge is 0.497 e. The van der Waals surface area contributed by atoms with Gasteiger partial charge in [-0.1, -0.05) is 12.1 Å². The summed E-state index contributed by atoms with van der Waals surface area (Å²) in [5.41, 5.74) is 2.59. The average molecular weight is 385 g/mol. The lowest BCUT2D eigenvalue weighted by Gasteiger charge is -2.05. The highest BCUT2D eigenvalue weighted by Gasteiger charge is 2.08. The highest BCUT2D eigenvalue weighted by atomic mass is 32.1. The van der Waals surface area contributed by atoms with Crippen molar-refractivity contribution in [2.24, 2.45) is 0 Å². The topological polar surface area (TPSA) is 63.2 Å². The molecule has 0 spiro atoms. The van der Waals surface area contributed by atoms with E-state index in [4.69, 9.17) is 4.74 Å². The zero-order valence-corrected chi connectivity index (χ0v) is 15.7. The van der Waals surface area contributed by atoms with Gasteiger partial charge in [-0.05, 0) is 48.4 Å². The normalized spacial score (nSPS) is 10.4. The number of carbonyl (C=O) groups excluding carboxylic acids is 1. The standard InChI is InChI=1S/C20H20FN3O2S/c1-26-18-8-2-14(3-9-18)10-11-22-19(25)12-17-13-27-20(24-17)23-16-6-4-15(21)5-7-16/h2-9,13H,10-12H2,1H3,(H,22,25)(H,23,24). The lowest BCUT2D eigenvalue weighted by atomic mass is 10.1. The number of carbonyl (C=O) groups is 1. The second kappa shape index (κ2) is 9.14. The van der Waals surface area contributed by atoms with Crippen LogP contribution in [-0.4, -0.2) is 24.5 Å².